The molecule has 0 saturated carbocycles. The molecule has 3 aromatic rings. The summed E-state index contributed by atoms with van der Waals surface area (Å²) in [5.41, 5.74) is 4.05. The van der Waals surface area contributed by atoms with Crippen LogP contribution in [-0.4, -0.2) is 20.8 Å². The van der Waals surface area contributed by atoms with Crippen LogP contribution in [0.3, 0.4) is 0 Å². The summed E-state index contributed by atoms with van der Waals surface area (Å²) in [4.78, 5) is 12.8. The summed E-state index contributed by atoms with van der Waals surface area (Å²) in [6.07, 6.45) is 1.73. The first-order valence-corrected chi connectivity index (χ1v) is 9.39. The number of carbonyl (C=O) groups excluding carboxylic acids is 1. The summed E-state index contributed by atoms with van der Waals surface area (Å²) in [5, 5.41) is 11.2. The van der Waals surface area contributed by atoms with Crippen molar-refractivity contribution in [1.29, 1.82) is 0 Å². The predicted molar refractivity (Wildman–Crippen MR) is 105 cm³/mol. The van der Waals surface area contributed by atoms with E-state index in [9.17, 15) is 4.79 Å². The molecule has 28 heavy (non-hydrogen) atoms. The maximum atomic E-state index is 12.8. The molecule has 7 nitrogen and oxygen atoms in total. The van der Waals surface area contributed by atoms with E-state index in [-0.39, 0.29) is 24.2 Å². The van der Waals surface area contributed by atoms with E-state index < -0.39 is 0 Å². The van der Waals surface area contributed by atoms with Crippen LogP contribution in [0, 0.1) is 20.8 Å². The number of nitrogens with zero attached hydrogens (tertiary/aromatic N) is 3. The average Bonchev–Trinajstić information content (AvgIpc) is 3.29. The lowest BCUT2D eigenvalue weighted by Gasteiger charge is -2.15. The molecule has 2 heterocycles. The van der Waals surface area contributed by atoms with Crippen molar-refractivity contribution in [2.75, 3.05) is 0 Å². The van der Waals surface area contributed by atoms with E-state index in [0.29, 0.717) is 11.3 Å². The van der Waals surface area contributed by atoms with Crippen LogP contribution in [0.4, 0.5) is 0 Å². The van der Waals surface area contributed by atoms with Gasteiger partial charge in [-0.15, -0.1) is 0 Å². The summed E-state index contributed by atoms with van der Waals surface area (Å²) in [6, 6.07) is 7.59. The van der Waals surface area contributed by atoms with Crippen LogP contribution in [0.15, 0.2) is 35.0 Å². The van der Waals surface area contributed by atoms with E-state index in [4.69, 9.17) is 9.26 Å². The summed E-state index contributed by atoms with van der Waals surface area (Å²) in [5.74, 6) is 1.06. The molecule has 0 spiro atoms. The SMILES string of the molecule is CCn1nccc1C(C)NC(=O)c1noc(C)c1COc1cccc(C)c1C. The lowest BCUT2D eigenvalue weighted by atomic mass is 10.1. The second kappa shape index (κ2) is 8.29. The first kappa shape index (κ1) is 19.7. The second-order valence-electron chi connectivity index (χ2n) is 6.82. The molecule has 7 heteroatoms. The second-order valence-corrected chi connectivity index (χ2v) is 6.82. The molecule has 1 atom stereocenters. The fraction of sp³-hybridized carbons (Fsp3) is 0.381. The topological polar surface area (TPSA) is 82.2 Å². The fourth-order valence-corrected chi connectivity index (χ4v) is 3.08. The van der Waals surface area contributed by atoms with Crippen molar-refractivity contribution < 1.29 is 14.1 Å². The zero-order valence-corrected chi connectivity index (χ0v) is 16.9. The third-order valence-corrected chi connectivity index (χ3v) is 4.97. The molecule has 1 N–H and O–H groups in total. The lowest BCUT2D eigenvalue weighted by molar-refractivity contribution is 0.0927. The summed E-state index contributed by atoms with van der Waals surface area (Å²) >= 11 is 0. The number of hydrogen-bond donors (Lipinski definition) is 1. The molecule has 1 amide bonds. The van der Waals surface area contributed by atoms with Crippen LogP contribution in [0.25, 0.3) is 0 Å². The van der Waals surface area contributed by atoms with Gasteiger partial charge < -0.3 is 14.6 Å². The number of carbonyl (C=O) groups is 1. The van der Waals surface area contributed by atoms with Crippen LogP contribution in [0.2, 0.25) is 0 Å². The third kappa shape index (κ3) is 3.93. The molecule has 0 bridgehead atoms. The molecule has 0 aliphatic rings. The van der Waals surface area contributed by atoms with E-state index >= 15 is 0 Å². The molecule has 0 fully saturated rings. The van der Waals surface area contributed by atoms with Crippen molar-refractivity contribution in [2.24, 2.45) is 0 Å². The van der Waals surface area contributed by atoms with Crippen molar-refractivity contribution >= 4 is 5.91 Å². The molecular weight excluding hydrogens is 356 g/mol. The first-order chi connectivity index (χ1) is 13.4. The van der Waals surface area contributed by atoms with Crippen molar-refractivity contribution in [3.8, 4) is 5.75 Å². The van der Waals surface area contributed by atoms with Crippen molar-refractivity contribution in [1.82, 2.24) is 20.3 Å². The van der Waals surface area contributed by atoms with Crippen LogP contribution >= 0.6 is 0 Å². The number of nitrogens with one attached hydrogen (secondary N) is 1. The lowest BCUT2D eigenvalue weighted by Crippen LogP contribution is -2.29. The monoisotopic (exact) mass is 382 g/mol. The van der Waals surface area contributed by atoms with Crippen LogP contribution in [0.1, 0.15) is 58.5 Å². The fourth-order valence-electron chi connectivity index (χ4n) is 3.08. The minimum Gasteiger partial charge on any atom is -0.488 e. The Kier molecular flexibility index (Phi) is 5.82. The van der Waals surface area contributed by atoms with Gasteiger partial charge in [0.2, 0.25) is 0 Å². The first-order valence-electron chi connectivity index (χ1n) is 9.39. The maximum Gasteiger partial charge on any atom is 0.274 e. The molecular formula is C21H26N4O3. The van der Waals surface area contributed by atoms with E-state index in [0.717, 1.165) is 29.1 Å². The van der Waals surface area contributed by atoms with Gasteiger partial charge in [0.1, 0.15) is 18.1 Å². The number of hydrogen-bond acceptors (Lipinski definition) is 5. The van der Waals surface area contributed by atoms with Gasteiger partial charge in [0.15, 0.2) is 5.69 Å². The quantitative estimate of drug-likeness (QED) is 0.670. The number of aromatic nitrogens is 3. The Morgan fingerprint density at radius 2 is 2.07 bits per heavy atom. The highest BCUT2D eigenvalue weighted by Crippen LogP contribution is 2.24. The van der Waals surface area contributed by atoms with Gasteiger partial charge in [-0.05, 0) is 57.9 Å². The largest absolute Gasteiger partial charge is 0.488 e. The molecule has 0 aliphatic carbocycles. The molecule has 148 valence electrons. The Bertz CT molecular complexity index is 974. The van der Waals surface area contributed by atoms with Crippen molar-refractivity contribution in [3.63, 3.8) is 0 Å². The minimum absolute atomic E-state index is 0.209. The van der Waals surface area contributed by atoms with Gasteiger partial charge in [0, 0.05) is 12.7 Å². The van der Waals surface area contributed by atoms with Crippen LogP contribution in [0.5, 0.6) is 5.75 Å². The Hall–Kier alpha value is -3.09. The smallest absolute Gasteiger partial charge is 0.274 e. The molecule has 1 aromatic carbocycles. The van der Waals surface area contributed by atoms with Crippen molar-refractivity contribution in [2.45, 2.75) is 53.8 Å². The predicted octanol–water partition coefficient (Wildman–Crippen LogP) is 3.89. The molecule has 0 radical (unpaired) electrons. The standard InChI is InChI=1S/C21H26N4O3/c1-6-25-18(10-11-22-25)15(4)23-21(26)20-17(16(5)28-24-20)12-27-19-9-7-8-13(2)14(19)3/h7-11,15H,6,12H2,1-5H3,(H,23,26). The Morgan fingerprint density at radius 3 is 2.82 bits per heavy atom. The third-order valence-electron chi connectivity index (χ3n) is 4.97. The van der Waals surface area contributed by atoms with E-state index in [1.165, 1.54) is 0 Å². The molecule has 1 unspecified atom stereocenters. The van der Waals surface area contributed by atoms with Crippen LogP contribution in [-0.2, 0) is 13.2 Å². The van der Waals surface area contributed by atoms with Crippen molar-refractivity contribution in [3.05, 3.63) is 64.3 Å². The summed E-state index contributed by atoms with van der Waals surface area (Å²) < 4.78 is 13.1. The van der Waals surface area contributed by atoms with E-state index in [1.807, 2.05) is 56.6 Å². The molecule has 0 saturated heterocycles. The maximum absolute atomic E-state index is 12.8. The Balaban J connectivity index is 1.74. The van der Waals surface area contributed by atoms with Gasteiger partial charge in [-0.3, -0.25) is 9.48 Å². The highest BCUT2D eigenvalue weighted by Gasteiger charge is 2.23. The van der Waals surface area contributed by atoms with Gasteiger partial charge in [-0.25, -0.2) is 0 Å². The Morgan fingerprint density at radius 1 is 1.29 bits per heavy atom. The number of rotatable bonds is 7. The normalized spacial score (nSPS) is 12.0. The van der Waals surface area contributed by atoms with E-state index in [2.05, 4.69) is 15.6 Å². The molecule has 2 aromatic heterocycles. The van der Waals surface area contributed by atoms with Gasteiger partial charge in [0.25, 0.3) is 5.91 Å². The minimum atomic E-state index is -0.298. The molecule has 3 rings (SSSR count). The van der Waals surface area contributed by atoms with Crippen LogP contribution < -0.4 is 10.1 Å². The van der Waals surface area contributed by atoms with Gasteiger partial charge in [-0.2, -0.15) is 5.10 Å². The average molecular weight is 382 g/mol. The summed E-state index contributed by atoms with van der Waals surface area (Å²) in [6.45, 7) is 10.7. The summed E-state index contributed by atoms with van der Waals surface area (Å²) in [7, 11) is 0. The van der Waals surface area contributed by atoms with Gasteiger partial charge in [0.05, 0.1) is 17.3 Å². The number of ether oxygens (including phenoxy) is 1. The molecule has 0 aliphatic heterocycles. The number of amides is 1. The van der Waals surface area contributed by atoms with Gasteiger partial charge in [-0.1, -0.05) is 17.3 Å². The number of benzene rings is 1. The Labute approximate surface area is 164 Å². The number of aryl methyl sites for hydroxylation is 3. The zero-order chi connectivity index (χ0) is 20.3. The highest BCUT2D eigenvalue weighted by molar-refractivity contribution is 5.94. The van der Waals surface area contributed by atoms with E-state index in [1.54, 1.807) is 13.1 Å². The van der Waals surface area contributed by atoms with Gasteiger partial charge >= 0.3 is 0 Å². The highest BCUT2D eigenvalue weighted by atomic mass is 16.5. The zero-order valence-electron chi connectivity index (χ0n) is 16.9.